The first-order valence-corrected chi connectivity index (χ1v) is 16.9. The molecule has 1 saturated carbocycles. The summed E-state index contributed by atoms with van der Waals surface area (Å²) in [6, 6.07) is 14.9. The lowest BCUT2D eigenvalue weighted by molar-refractivity contribution is 0.0918. The molecule has 240 valence electrons. The maximum atomic E-state index is 13.0. The molecular weight excluding hydrogens is 586 g/mol. The number of rotatable bonds is 10. The second-order valence-electron chi connectivity index (χ2n) is 12.9. The first-order valence-electron chi connectivity index (χ1n) is 16.5. The fraction of sp³-hybridized carbons (Fsp3) is 0.514. The van der Waals surface area contributed by atoms with E-state index >= 15 is 0 Å². The van der Waals surface area contributed by atoms with Gasteiger partial charge in [-0.15, -0.1) is 0 Å². The minimum Gasteiger partial charge on any atom is -0.491 e. The molecule has 1 aromatic heterocycles. The molecule has 3 aromatic rings. The first-order chi connectivity index (χ1) is 21.8. The summed E-state index contributed by atoms with van der Waals surface area (Å²) < 4.78 is 6.33. The third kappa shape index (κ3) is 7.88. The zero-order valence-corrected chi connectivity index (χ0v) is 27.5. The highest BCUT2D eigenvalue weighted by Crippen LogP contribution is 2.32. The van der Waals surface area contributed by atoms with E-state index in [0.717, 1.165) is 56.8 Å². The number of likely N-dealkylation sites (N-methyl/N-ethyl adjacent to an activating group) is 1. The highest BCUT2D eigenvalue weighted by Gasteiger charge is 2.27. The van der Waals surface area contributed by atoms with E-state index in [1.807, 2.05) is 24.3 Å². The Morgan fingerprint density at radius 2 is 1.78 bits per heavy atom. The lowest BCUT2D eigenvalue weighted by atomic mass is 9.93. The van der Waals surface area contributed by atoms with E-state index in [-0.39, 0.29) is 18.1 Å². The largest absolute Gasteiger partial charge is 0.491 e. The van der Waals surface area contributed by atoms with Gasteiger partial charge in [-0.05, 0) is 71.2 Å². The smallest absolute Gasteiger partial charge is 0.253 e. The van der Waals surface area contributed by atoms with Crippen molar-refractivity contribution in [3.8, 4) is 5.75 Å². The number of anilines is 3. The monoisotopic (exact) mass is 631 g/mol. The lowest BCUT2D eigenvalue weighted by Crippen LogP contribution is -2.52. The van der Waals surface area contributed by atoms with Gasteiger partial charge < -0.3 is 25.2 Å². The van der Waals surface area contributed by atoms with Crippen molar-refractivity contribution in [2.24, 2.45) is 0 Å². The molecular formula is C35H46ClN7O2. The van der Waals surface area contributed by atoms with Crippen LogP contribution in [0.4, 0.5) is 17.2 Å². The zero-order valence-electron chi connectivity index (χ0n) is 26.8. The number of ether oxygens (including phenoxy) is 1. The number of piperazine rings is 1. The molecule has 1 aliphatic carbocycles. The Morgan fingerprint density at radius 1 is 1.02 bits per heavy atom. The van der Waals surface area contributed by atoms with Crippen molar-refractivity contribution in [3.63, 3.8) is 0 Å². The van der Waals surface area contributed by atoms with Gasteiger partial charge in [-0.3, -0.25) is 9.69 Å². The summed E-state index contributed by atoms with van der Waals surface area (Å²) >= 11 is 6.55. The van der Waals surface area contributed by atoms with Crippen molar-refractivity contribution in [1.82, 2.24) is 25.1 Å². The van der Waals surface area contributed by atoms with Crippen molar-refractivity contribution < 1.29 is 9.53 Å². The molecule has 3 aliphatic rings. The van der Waals surface area contributed by atoms with Gasteiger partial charge in [0.05, 0.1) is 23.6 Å². The van der Waals surface area contributed by atoms with Crippen molar-refractivity contribution >= 4 is 34.7 Å². The zero-order chi connectivity index (χ0) is 31.3. The number of hydrogen-bond donors (Lipinski definition) is 2. The predicted octanol–water partition coefficient (Wildman–Crippen LogP) is 5.75. The van der Waals surface area contributed by atoms with Crippen molar-refractivity contribution in [1.29, 1.82) is 0 Å². The SMILES string of the molecule is CC(C)Oc1cc(N2CCC(N3CCN(C)CC3)CC2)ccc1Cc1ncc(Cl)c(Nc2ccccc2C(=O)NC2CCC2)n1. The Hall–Kier alpha value is -3.40. The Bertz CT molecular complexity index is 1460. The topological polar surface area (TPSA) is 85.9 Å². The molecule has 0 bridgehead atoms. The Kier molecular flexibility index (Phi) is 10.1. The molecule has 2 saturated heterocycles. The number of nitrogens with one attached hydrogen (secondary N) is 2. The standard InChI is InChI=1S/C35H46ClN7O2/c1-24(2)45-32-22-28(42-15-13-27(14-16-42)43-19-17-41(3)18-20-43)12-11-25(32)21-33-37-23-30(36)34(40-33)39-31-10-5-4-9-29(31)35(44)38-26-7-6-8-26/h4-5,9-12,22-24,26-27H,6-8,13-21H2,1-3H3,(H,38,44)(H,37,39,40). The van der Waals surface area contributed by atoms with Crippen LogP contribution in [0.3, 0.4) is 0 Å². The number of halogens is 1. The van der Waals surface area contributed by atoms with Gasteiger partial charge in [-0.1, -0.05) is 29.8 Å². The highest BCUT2D eigenvalue weighted by molar-refractivity contribution is 6.32. The van der Waals surface area contributed by atoms with Crippen LogP contribution in [-0.2, 0) is 6.42 Å². The molecule has 2 aromatic carbocycles. The van der Waals surface area contributed by atoms with Crippen LogP contribution in [0, 0.1) is 0 Å². The number of hydrogen-bond acceptors (Lipinski definition) is 8. The van der Waals surface area contributed by atoms with Crippen LogP contribution in [0.2, 0.25) is 5.02 Å². The highest BCUT2D eigenvalue weighted by atomic mass is 35.5. The summed E-state index contributed by atoms with van der Waals surface area (Å²) in [7, 11) is 2.22. The van der Waals surface area contributed by atoms with Gasteiger partial charge in [-0.25, -0.2) is 9.97 Å². The Labute approximate surface area is 272 Å². The third-order valence-corrected chi connectivity index (χ3v) is 9.58. The summed E-state index contributed by atoms with van der Waals surface area (Å²) in [6.45, 7) is 10.9. The third-order valence-electron chi connectivity index (χ3n) is 9.31. The van der Waals surface area contributed by atoms with E-state index in [2.05, 4.69) is 69.4 Å². The molecule has 2 N–H and O–H groups in total. The molecule has 0 spiro atoms. The number of piperidine rings is 1. The second kappa shape index (κ2) is 14.4. The Balaban J connectivity index is 1.15. The van der Waals surface area contributed by atoms with Crippen molar-refractivity contribution in [3.05, 3.63) is 70.6 Å². The molecule has 45 heavy (non-hydrogen) atoms. The van der Waals surface area contributed by atoms with E-state index < -0.39 is 0 Å². The molecule has 0 unspecified atom stereocenters. The summed E-state index contributed by atoms with van der Waals surface area (Å²) in [6.07, 6.45) is 7.73. The van der Waals surface area contributed by atoms with Crippen LogP contribution in [0.5, 0.6) is 5.75 Å². The van der Waals surface area contributed by atoms with Gasteiger partial charge in [0.1, 0.15) is 16.6 Å². The maximum absolute atomic E-state index is 13.0. The van der Waals surface area contributed by atoms with Crippen LogP contribution in [0.25, 0.3) is 0 Å². The average molecular weight is 632 g/mol. The van der Waals surface area contributed by atoms with E-state index in [1.165, 1.54) is 31.6 Å². The molecule has 6 rings (SSSR count). The molecule has 3 heterocycles. The van der Waals surface area contributed by atoms with Crippen molar-refractivity contribution in [2.45, 2.75) is 70.6 Å². The predicted molar refractivity (Wildman–Crippen MR) is 181 cm³/mol. The molecule has 3 fully saturated rings. The fourth-order valence-corrected chi connectivity index (χ4v) is 6.54. The molecule has 10 heteroatoms. The molecule has 2 aliphatic heterocycles. The van der Waals surface area contributed by atoms with E-state index in [9.17, 15) is 4.79 Å². The van der Waals surface area contributed by atoms with Gasteiger partial charge >= 0.3 is 0 Å². The van der Waals surface area contributed by atoms with Gasteiger partial charge in [-0.2, -0.15) is 0 Å². The average Bonchev–Trinajstić information content (AvgIpc) is 3.02. The number of carbonyl (C=O) groups is 1. The number of benzene rings is 2. The summed E-state index contributed by atoms with van der Waals surface area (Å²) in [4.78, 5) is 29.9. The quantitative estimate of drug-likeness (QED) is 0.293. The number of amides is 1. The minimum absolute atomic E-state index is 0.0351. The molecule has 1 amide bonds. The van der Waals surface area contributed by atoms with Crippen LogP contribution in [-0.4, -0.2) is 90.2 Å². The number of aromatic nitrogens is 2. The summed E-state index contributed by atoms with van der Waals surface area (Å²) in [5.41, 5.74) is 3.44. The molecule has 9 nitrogen and oxygen atoms in total. The second-order valence-corrected chi connectivity index (χ2v) is 13.4. The van der Waals surface area contributed by atoms with Gasteiger partial charge in [0.25, 0.3) is 5.91 Å². The van der Waals surface area contributed by atoms with E-state index in [0.29, 0.717) is 40.4 Å². The van der Waals surface area contributed by atoms with Gasteiger partial charge in [0.2, 0.25) is 0 Å². The number of para-hydroxylation sites is 1. The number of carbonyl (C=O) groups excluding carboxylic acids is 1. The lowest BCUT2D eigenvalue weighted by Gasteiger charge is -2.42. The van der Waals surface area contributed by atoms with Crippen LogP contribution < -0.4 is 20.3 Å². The van der Waals surface area contributed by atoms with E-state index in [1.54, 1.807) is 6.20 Å². The van der Waals surface area contributed by atoms with Gasteiger partial charge in [0.15, 0.2) is 5.82 Å². The first kappa shape index (κ1) is 31.6. The number of nitrogens with zero attached hydrogens (tertiary/aromatic N) is 5. The minimum atomic E-state index is -0.0904. The van der Waals surface area contributed by atoms with Crippen LogP contribution in [0.1, 0.15) is 67.7 Å². The van der Waals surface area contributed by atoms with Crippen LogP contribution in [0.15, 0.2) is 48.7 Å². The van der Waals surface area contributed by atoms with Crippen LogP contribution >= 0.6 is 11.6 Å². The normalized spacial score (nSPS) is 18.6. The van der Waals surface area contributed by atoms with E-state index in [4.69, 9.17) is 21.3 Å². The van der Waals surface area contributed by atoms with Crippen molar-refractivity contribution in [2.75, 3.05) is 56.5 Å². The molecule has 0 radical (unpaired) electrons. The van der Waals surface area contributed by atoms with Gasteiger partial charge in [0, 0.05) is 75.1 Å². The Morgan fingerprint density at radius 3 is 2.49 bits per heavy atom. The maximum Gasteiger partial charge on any atom is 0.253 e. The fourth-order valence-electron chi connectivity index (χ4n) is 6.41. The summed E-state index contributed by atoms with van der Waals surface area (Å²) in [5.74, 6) is 1.85. The summed E-state index contributed by atoms with van der Waals surface area (Å²) in [5, 5.41) is 6.81. The molecule has 0 atom stereocenters.